The molecule has 0 saturated heterocycles. The summed E-state index contributed by atoms with van der Waals surface area (Å²) >= 11 is 2.14. The molecular formula is C6H4IN3O. The number of fused-ring (bicyclic) bond motifs is 1. The Morgan fingerprint density at radius 3 is 3.09 bits per heavy atom. The summed E-state index contributed by atoms with van der Waals surface area (Å²) in [6, 6.07) is 1.84. The number of hydrogen-bond donors (Lipinski definition) is 1. The van der Waals surface area contributed by atoms with E-state index in [2.05, 4.69) is 32.7 Å². The molecule has 2 N–H and O–H groups in total. The second-order valence-corrected chi connectivity index (χ2v) is 3.20. The molecule has 0 fully saturated rings. The lowest BCUT2D eigenvalue weighted by molar-refractivity contribution is 0.459. The fraction of sp³-hybridized carbons (Fsp3) is 0. The van der Waals surface area contributed by atoms with Crippen molar-refractivity contribution in [2.75, 3.05) is 5.73 Å². The predicted octanol–water partition coefficient (Wildman–Crippen LogP) is 1.41. The van der Waals surface area contributed by atoms with Crippen LogP contribution in [-0.4, -0.2) is 10.1 Å². The Kier molecular flexibility index (Phi) is 1.45. The number of hydrogen-bond acceptors (Lipinski definition) is 4. The minimum atomic E-state index is 0.346. The maximum Gasteiger partial charge on any atom is 0.200 e. The van der Waals surface area contributed by atoms with Crippen LogP contribution in [0.1, 0.15) is 0 Å². The molecule has 5 heteroatoms. The van der Waals surface area contributed by atoms with E-state index in [1.54, 1.807) is 6.20 Å². The average Bonchev–Trinajstić information content (AvgIpc) is 2.35. The zero-order valence-electron chi connectivity index (χ0n) is 5.41. The molecule has 0 aliphatic heterocycles. The van der Waals surface area contributed by atoms with E-state index in [4.69, 9.17) is 10.3 Å². The lowest BCUT2D eigenvalue weighted by Crippen LogP contribution is -1.85. The number of pyridine rings is 1. The third kappa shape index (κ3) is 0.953. The van der Waals surface area contributed by atoms with Gasteiger partial charge < -0.3 is 10.3 Å². The molecule has 56 valence electrons. The van der Waals surface area contributed by atoms with Gasteiger partial charge in [0.1, 0.15) is 0 Å². The van der Waals surface area contributed by atoms with E-state index < -0.39 is 0 Å². The highest BCUT2D eigenvalue weighted by Gasteiger charge is 2.07. The van der Waals surface area contributed by atoms with Crippen molar-refractivity contribution in [2.24, 2.45) is 0 Å². The van der Waals surface area contributed by atoms with Crippen LogP contribution in [0.3, 0.4) is 0 Å². The van der Waals surface area contributed by atoms with Crippen molar-refractivity contribution in [1.82, 2.24) is 10.1 Å². The summed E-state index contributed by atoms with van der Waals surface area (Å²) < 4.78 is 5.90. The van der Waals surface area contributed by atoms with Crippen LogP contribution in [-0.2, 0) is 0 Å². The quantitative estimate of drug-likeness (QED) is 0.728. The molecule has 0 aliphatic rings. The van der Waals surface area contributed by atoms with Crippen LogP contribution in [0.2, 0.25) is 0 Å². The lowest BCUT2D eigenvalue weighted by Gasteiger charge is -1.87. The normalized spacial score (nSPS) is 10.6. The molecule has 2 heterocycles. The lowest BCUT2D eigenvalue weighted by atomic mass is 10.4. The van der Waals surface area contributed by atoms with Gasteiger partial charge in [0.25, 0.3) is 0 Å². The molecule has 0 atom stereocenters. The van der Waals surface area contributed by atoms with Crippen LogP contribution < -0.4 is 5.73 Å². The predicted molar refractivity (Wildman–Crippen MR) is 48.9 cm³/mol. The van der Waals surface area contributed by atoms with E-state index in [1.165, 1.54) is 0 Å². The van der Waals surface area contributed by atoms with Crippen LogP contribution in [0.5, 0.6) is 0 Å². The maximum atomic E-state index is 5.47. The largest absolute Gasteiger partial charge is 0.379 e. The number of rotatable bonds is 0. The van der Waals surface area contributed by atoms with Crippen LogP contribution >= 0.6 is 22.6 Å². The van der Waals surface area contributed by atoms with Gasteiger partial charge in [-0.1, -0.05) is 5.16 Å². The van der Waals surface area contributed by atoms with Crippen molar-refractivity contribution < 1.29 is 4.52 Å². The summed E-state index contributed by atoms with van der Waals surface area (Å²) in [6.45, 7) is 0. The molecule has 0 radical (unpaired) electrons. The number of aromatic nitrogens is 2. The summed E-state index contributed by atoms with van der Waals surface area (Å²) in [5.74, 6) is 0.346. The zero-order chi connectivity index (χ0) is 7.84. The first-order chi connectivity index (χ1) is 5.29. The maximum absolute atomic E-state index is 5.47. The zero-order valence-corrected chi connectivity index (χ0v) is 7.57. The monoisotopic (exact) mass is 261 g/mol. The third-order valence-corrected chi connectivity index (χ3v) is 2.18. The van der Waals surface area contributed by atoms with E-state index in [1.807, 2.05) is 6.07 Å². The Balaban J connectivity index is 2.94. The number of nitrogens with two attached hydrogens (primary N) is 1. The molecule has 0 aromatic carbocycles. The number of nitrogens with zero attached hydrogens (tertiary/aromatic N) is 2. The Morgan fingerprint density at radius 1 is 1.55 bits per heavy atom. The minimum Gasteiger partial charge on any atom is -0.379 e. The van der Waals surface area contributed by atoms with Gasteiger partial charge in [0.2, 0.25) is 5.58 Å². The van der Waals surface area contributed by atoms with E-state index in [0.717, 1.165) is 3.57 Å². The van der Waals surface area contributed by atoms with Crippen LogP contribution in [0.25, 0.3) is 11.1 Å². The van der Waals surface area contributed by atoms with Gasteiger partial charge in [0.15, 0.2) is 11.3 Å². The molecule has 2 rings (SSSR count). The first-order valence-electron chi connectivity index (χ1n) is 2.94. The smallest absolute Gasteiger partial charge is 0.200 e. The summed E-state index contributed by atoms with van der Waals surface area (Å²) in [5.41, 5.74) is 6.77. The average molecular weight is 261 g/mol. The summed E-state index contributed by atoms with van der Waals surface area (Å²) in [5, 5.41) is 3.59. The number of anilines is 1. The first-order valence-corrected chi connectivity index (χ1v) is 4.02. The topological polar surface area (TPSA) is 64.9 Å². The molecule has 0 saturated carbocycles. The molecule has 0 unspecified atom stereocenters. The van der Waals surface area contributed by atoms with Gasteiger partial charge in [0, 0.05) is 6.20 Å². The van der Waals surface area contributed by atoms with Crippen molar-refractivity contribution in [3.05, 3.63) is 15.8 Å². The Bertz CT molecular complexity index is 398. The fourth-order valence-electron chi connectivity index (χ4n) is 0.832. The molecule has 0 spiro atoms. The standard InChI is InChI=1S/C6H4IN3O/c7-3-1-2-9-4-5(3)11-10-6(4)8/h1-2H,(H2,8,10). The molecule has 0 bridgehead atoms. The van der Waals surface area contributed by atoms with Crippen molar-refractivity contribution in [3.63, 3.8) is 0 Å². The van der Waals surface area contributed by atoms with E-state index >= 15 is 0 Å². The molecule has 11 heavy (non-hydrogen) atoms. The molecule has 0 aliphatic carbocycles. The van der Waals surface area contributed by atoms with Gasteiger partial charge in [-0.25, -0.2) is 4.98 Å². The van der Waals surface area contributed by atoms with E-state index in [-0.39, 0.29) is 0 Å². The Hall–Kier alpha value is -0.850. The van der Waals surface area contributed by atoms with E-state index in [0.29, 0.717) is 16.9 Å². The minimum absolute atomic E-state index is 0.346. The Labute approximate surface area is 75.9 Å². The van der Waals surface area contributed by atoms with Gasteiger partial charge >= 0.3 is 0 Å². The second-order valence-electron chi connectivity index (χ2n) is 2.04. The molecule has 4 nitrogen and oxygen atoms in total. The molecule has 2 aromatic rings. The van der Waals surface area contributed by atoms with Crippen molar-refractivity contribution in [3.8, 4) is 0 Å². The fourth-order valence-corrected chi connectivity index (χ4v) is 1.35. The van der Waals surface area contributed by atoms with Crippen LogP contribution in [0.4, 0.5) is 5.82 Å². The van der Waals surface area contributed by atoms with Crippen LogP contribution in [0.15, 0.2) is 16.8 Å². The van der Waals surface area contributed by atoms with Gasteiger partial charge in [-0.05, 0) is 28.7 Å². The number of nitrogen functional groups attached to an aromatic ring is 1. The van der Waals surface area contributed by atoms with Crippen molar-refractivity contribution in [1.29, 1.82) is 0 Å². The van der Waals surface area contributed by atoms with Gasteiger partial charge in [0.05, 0.1) is 3.57 Å². The number of halogens is 1. The van der Waals surface area contributed by atoms with E-state index in [9.17, 15) is 0 Å². The Morgan fingerprint density at radius 2 is 2.36 bits per heavy atom. The summed E-state index contributed by atoms with van der Waals surface area (Å²) in [7, 11) is 0. The van der Waals surface area contributed by atoms with Crippen molar-refractivity contribution in [2.45, 2.75) is 0 Å². The van der Waals surface area contributed by atoms with Gasteiger partial charge in [-0.2, -0.15) is 0 Å². The van der Waals surface area contributed by atoms with Crippen LogP contribution in [0, 0.1) is 3.57 Å². The van der Waals surface area contributed by atoms with Crippen molar-refractivity contribution >= 4 is 39.5 Å². The highest BCUT2D eigenvalue weighted by atomic mass is 127. The highest BCUT2D eigenvalue weighted by molar-refractivity contribution is 14.1. The molecule has 2 aromatic heterocycles. The summed E-state index contributed by atoms with van der Waals surface area (Å²) in [4.78, 5) is 4.02. The third-order valence-electron chi connectivity index (χ3n) is 1.33. The second kappa shape index (κ2) is 2.33. The molecular weight excluding hydrogens is 257 g/mol. The summed E-state index contributed by atoms with van der Waals surface area (Å²) in [6.07, 6.45) is 1.68. The van der Waals surface area contributed by atoms with Gasteiger partial charge in [-0.3, -0.25) is 0 Å². The van der Waals surface area contributed by atoms with Gasteiger partial charge in [-0.15, -0.1) is 0 Å². The SMILES string of the molecule is Nc1noc2c(I)ccnc12. The first kappa shape index (κ1) is 6.84. The highest BCUT2D eigenvalue weighted by Crippen LogP contribution is 2.21. The molecule has 0 amide bonds.